The molecule has 1 amide bonds. The fourth-order valence-electron chi connectivity index (χ4n) is 1.66. The molecular weight excluding hydrogens is 228 g/mol. The van der Waals surface area contributed by atoms with E-state index in [4.69, 9.17) is 0 Å². The van der Waals surface area contributed by atoms with E-state index in [9.17, 15) is 9.90 Å². The van der Waals surface area contributed by atoms with E-state index >= 15 is 0 Å². The van der Waals surface area contributed by atoms with Gasteiger partial charge in [0.05, 0.1) is 11.3 Å². The van der Waals surface area contributed by atoms with Crippen molar-refractivity contribution >= 4 is 11.6 Å². The summed E-state index contributed by atoms with van der Waals surface area (Å²) < 4.78 is 0. The number of anilines is 1. The summed E-state index contributed by atoms with van der Waals surface area (Å²) in [5, 5.41) is 12.4. The number of nitrogens with one attached hydrogen (secondary N) is 1. The number of hydrogen-bond acceptors (Lipinski definition) is 3. The largest absolute Gasteiger partial charge is 0.506 e. The Bertz CT molecular complexity index is 594. The number of carbonyl (C=O) groups excluding carboxylic acids is 1. The Morgan fingerprint density at radius 2 is 2.06 bits per heavy atom. The summed E-state index contributed by atoms with van der Waals surface area (Å²) >= 11 is 0. The number of aryl methyl sites for hydroxylation is 2. The smallest absolute Gasteiger partial charge is 0.257 e. The SMILES string of the molecule is Cc1ccc(NC(=O)c2cccnc2C)c(O)c1. The Hall–Kier alpha value is -2.36. The van der Waals surface area contributed by atoms with Crippen LogP contribution in [0.25, 0.3) is 0 Å². The lowest BCUT2D eigenvalue weighted by atomic mass is 10.1. The first kappa shape index (κ1) is 12.1. The van der Waals surface area contributed by atoms with E-state index < -0.39 is 0 Å². The van der Waals surface area contributed by atoms with Crippen LogP contribution >= 0.6 is 0 Å². The number of rotatable bonds is 2. The van der Waals surface area contributed by atoms with Crippen molar-refractivity contribution in [3.05, 3.63) is 53.3 Å². The highest BCUT2D eigenvalue weighted by Gasteiger charge is 2.11. The first-order valence-electron chi connectivity index (χ1n) is 5.60. The molecule has 2 aromatic rings. The number of phenolic OH excluding ortho intramolecular Hbond substituents is 1. The van der Waals surface area contributed by atoms with Crippen LogP contribution in [0.15, 0.2) is 36.5 Å². The lowest BCUT2D eigenvalue weighted by Crippen LogP contribution is -2.14. The van der Waals surface area contributed by atoms with E-state index in [1.165, 1.54) is 0 Å². The molecule has 92 valence electrons. The summed E-state index contributed by atoms with van der Waals surface area (Å²) in [4.78, 5) is 16.1. The molecule has 1 aromatic heterocycles. The lowest BCUT2D eigenvalue weighted by molar-refractivity contribution is 0.102. The van der Waals surface area contributed by atoms with Crippen LogP contribution in [-0.4, -0.2) is 16.0 Å². The number of aromatic hydroxyl groups is 1. The zero-order chi connectivity index (χ0) is 13.1. The summed E-state index contributed by atoms with van der Waals surface area (Å²) in [6.45, 7) is 3.64. The van der Waals surface area contributed by atoms with Crippen LogP contribution in [0.5, 0.6) is 5.75 Å². The second kappa shape index (κ2) is 4.87. The predicted molar refractivity (Wildman–Crippen MR) is 69.8 cm³/mol. The van der Waals surface area contributed by atoms with Gasteiger partial charge in [0.25, 0.3) is 5.91 Å². The minimum absolute atomic E-state index is 0.0601. The fraction of sp³-hybridized carbons (Fsp3) is 0.143. The minimum atomic E-state index is -0.278. The number of carbonyl (C=O) groups is 1. The molecule has 0 atom stereocenters. The topological polar surface area (TPSA) is 62.2 Å². The van der Waals surface area contributed by atoms with Crippen molar-refractivity contribution < 1.29 is 9.90 Å². The van der Waals surface area contributed by atoms with Crippen molar-refractivity contribution in [3.63, 3.8) is 0 Å². The van der Waals surface area contributed by atoms with Gasteiger partial charge in [-0.15, -0.1) is 0 Å². The van der Waals surface area contributed by atoms with Crippen molar-refractivity contribution in [2.75, 3.05) is 5.32 Å². The molecule has 0 radical (unpaired) electrons. The molecule has 0 unspecified atom stereocenters. The summed E-state index contributed by atoms with van der Waals surface area (Å²) in [6, 6.07) is 8.51. The van der Waals surface area contributed by atoms with E-state index in [1.807, 2.05) is 13.0 Å². The molecule has 0 saturated carbocycles. The molecule has 0 bridgehead atoms. The molecule has 0 aliphatic carbocycles. The molecule has 0 spiro atoms. The lowest BCUT2D eigenvalue weighted by Gasteiger charge is -2.09. The van der Waals surface area contributed by atoms with Gasteiger partial charge in [0.2, 0.25) is 0 Å². The van der Waals surface area contributed by atoms with Gasteiger partial charge in [-0.2, -0.15) is 0 Å². The second-order valence-corrected chi connectivity index (χ2v) is 4.11. The van der Waals surface area contributed by atoms with Crippen LogP contribution in [0.2, 0.25) is 0 Å². The van der Waals surface area contributed by atoms with E-state index in [0.29, 0.717) is 16.9 Å². The van der Waals surface area contributed by atoms with Crippen LogP contribution in [0.1, 0.15) is 21.6 Å². The summed E-state index contributed by atoms with van der Waals surface area (Å²) in [5.41, 5.74) is 2.48. The molecule has 1 aromatic carbocycles. The maximum Gasteiger partial charge on any atom is 0.257 e. The highest BCUT2D eigenvalue weighted by atomic mass is 16.3. The summed E-state index contributed by atoms with van der Waals surface area (Å²) in [7, 11) is 0. The second-order valence-electron chi connectivity index (χ2n) is 4.11. The third-order valence-electron chi connectivity index (χ3n) is 2.65. The monoisotopic (exact) mass is 242 g/mol. The number of amides is 1. The summed E-state index contributed by atoms with van der Waals surface area (Å²) in [6.07, 6.45) is 1.63. The van der Waals surface area contributed by atoms with E-state index in [0.717, 1.165) is 5.56 Å². The molecule has 18 heavy (non-hydrogen) atoms. The van der Waals surface area contributed by atoms with Crippen LogP contribution < -0.4 is 5.32 Å². The van der Waals surface area contributed by atoms with Gasteiger partial charge in [-0.1, -0.05) is 6.07 Å². The van der Waals surface area contributed by atoms with Gasteiger partial charge in [0.15, 0.2) is 0 Å². The van der Waals surface area contributed by atoms with Gasteiger partial charge in [-0.25, -0.2) is 0 Å². The Labute approximate surface area is 105 Å². The van der Waals surface area contributed by atoms with Crippen molar-refractivity contribution in [2.24, 2.45) is 0 Å². The number of phenols is 1. The Morgan fingerprint density at radius 3 is 2.72 bits per heavy atom. The van der Waals surface area contributed by atoms with E-state index in [2.05, 4.69) is 10.3 Å². The molecule has 0 aliphatic heterocycles. The maximum absolute atomic E-state index is 12.0. The van der Waals surface area contributed by atoms with Crippen molar-refractivity contribution in [3.8, 4) is 5.75 Å². The average molecular weight is 242 g/mol. The standard InChI is InChI=1S/C14H14N2O2/c1-9-5-6-12(13(17)8-9)16-14(18)11-4-3-7-15-10(11)2/h3-8,17H,1-2H3,(H,16,18). The van der Waals surface area contributed by atoms with Crippen molar-refractivity contribution in [1.82, 2.24) is 4.98 Å². The van der Waals surface area contributed by atoms with Crippen LogP contribution in [0.4, 0.5) is 5.69 Å². The van der Waals surface area contributed by atoms with Crippen molar-refractivity contribution in [2.45, 2.75) is 13.8 Å². The summed E-state index contributed by atoms with van der Waals surface area (Å²) in [5.74, 6) is -0.218. The van der Waals surface area contributed by atoms with Gasteiger partial charge in [-0.3, -0.25) is 9.78 Å². The molecule has 0 saturated heterocycles. The van der Waals surface area contributed by atoms with Crippen LogP contribution in [0, 0.1) is 13.8 Å². The molecular formula is C14H14N2O2. The fourth-order valence-corrected chi connectivity index (χ4v) is 1.66. The Kier molecular flexibility index (Phi) is 3.28. The van der Waals surface area contributed by atoms with Gasteiger partial charge in [-0.05, 0) is 43.7 Å². The van der Waals surface area contributed by atoms with Crippen LogP contribution in [0.3, 0.4) is 0 Å². The number of aromatic nitrogens is 1. The quantitative estimate of drug-likeness (QED) is 0.796. The van der Waals surface area contributed by atoms with Gasteiger partial charge >= 0.3 is 0 Å². The highest BCUT2D eigenvalue weighted by molar-refractivity contribution is 6.05. The van der Waals surface area contributed by atoms with E-state index in [1.54, 1.807) is 37.4 Å². The third kappa shape index (κ3) is 2.48. The predicted octanol–water partition coefficient (Wildman–Crippen LogP) is 2.66. The zero-order valence-electron chi connectivity index (χ0n) is 10.3. The number of benzene rings is 1. The molecule has 4 nitrogen and oxygen atoms in total. The number of hydrogen-bond donors (Lipinski definition) is 2. The maximum atomic E-state index is 12.0. The normalized spacial score (nSPS) is 10.1. The van der Waals surface area contributed by atoms with Crippen molar-refractivity contribution in [1.29, 1.82) is 0 Å². The molecule has 0 fully saturated rings. The van der Waals surface area contributed by atoms with Gasteiger partial charge in [0.1, 0.15) is 5.75 Å². The number of pyridine rings is 1. The number of nitrogens with zero attached hydrogens (tertiary/aromatic N) is 1. The molecule has 1 heterocycles. The molecule has 2 rings (SSSR count). The van der Waals surface area contributed by atoms with Gasteiger partial charge < -0.3 is 10.4 Å². The zero-order valence-corrected chi connectivity index (χ0v) is 10.3. The molecule has 4 heteroatoms. The third-order valence-corrected chi connectivity index (χ3v) is 2.65. The average Bonchev–Trinajstić information content (AvgIpc) is 2.33. The Morgan fingerprint density at radius 1 is 1.28 bits per heavy atom. The van der Waals surface area contributed by atoms with Crippen LogP contribution in [-0.2, 0) is 0 Å². The van der Waals surface area contributed by atoms with E-state index in [-0.39, 0.29) is 11.7 Å². The first-order valence-corrected chi connectivity index (χ1v) is 5.60. The molecule has 0 aliphatic rings. The first-order chi connectivity index (χ1) is 8.58. The Balaban J connectivity index is 2.24. The highest BCUT2D eigenvalue weighted by Crippen LogP contribution is 2.24. The van der Waals surface area contributed by atoms with Gasteiger partial charge in [0, 0.05) is 11.9 Å². The molecule has 2 N–H and O–H groups in total. The minimum Gasteiger partial charge on any atom is -0.506 e.